The van der Waals surface area contributed by atoms with Gasteiger partial charge in [0, 0.05) is 28.2 Å². The molecule has 1 aliphatic rings. The lowest BCUT2D eigenvalue weighted by Gasteiger charge is -2.24. The van der Waals surface area contributed by atoms with Gasteiger partial charge in [-0.15, -0.1) is 11.3 Å². The van der Waals surface area contributed by atoms with Crippen LogP contribution in [-0.2, 0) is 4.79 Å². The normalized spacial score (nSPS) is 16.2. The lowest BCUT2D eigenvalue weighted by molar-refractivity contribution is -0.116. The molecule has 3 aromatic rings. The largest absolute Gasteiger partial charge is 0.497 e. The Balaban J connectivity index is 1.81. The van der Waals surface area contributed by atoms with E-state index in [4.69, 9.17) is 4.74 Å². The predicted octanol–water partition coefficient (Wildman–Crippen LogP) is 5.04. The first-order chi connectivity index (χ1) is 12.2. The zero-order valence-electron chi connectivity index (χ0n) is 13.6. The third kappa shape index (κ3) is 2.91. The van der Waals surface area contributed by atoms with Crippen molar-refractivity contribution in [2.24, 2.45) is 0 Å². The number of methoxy groups -OCH3 is 1. The quantitative estimate of drug-likeness (QED) is 0.717. The molecule has 0 bridgehead atoms. The van der Waals surface area contributed by atoms with Crippen LogP contribution in [0, 0.1) is 5.82 Å². The molecule has 126 valence electrons. The molecule has 5 heteroatoms. The Morgan fingerprint density at radius 1 is 1.20 bits per heavy atom. The minimum absolute atomic E-state index is 0.0221. The molecule has 4 rings (SSSR count). The van der Waals surface area contributed by atoms with Crippen LogP contribution in [0.15, 0.2) is 53.9 Å². The molecule has 2 aromatic carbocycles. The van der Waals surface area contributed by atoms with Crippen LogP contribution in [0.25, 0.3) is 11.1 Å². The van der Waals surface area contributed by atoms with Crippen LogP contribution in [0.3, 0.4) is 0 Å². The summed E-state index contributed by atoms with van der Waals surface area (Å²) in [5.41, 5.74) is 3.47. The third-order valence-corrected chi connectivity index (χ3v) is 5.52. The lowest BCUT2D eigenvalue weighted by Crippen LogP contribution is -2.22. The zero-order chi connectivity index (χ0) is 17.4. The van der Waals surface area contributed by atoms with Crippen molar-refractivity contribution in [1.82, 2.24) is 0 Å². The molecular weight excluding hydrogens is 337 g/mol. The number of carbonyl (C=O) groups excluding carboxylic acids is 1. The second-order valence-corrected chi connectivity index (χ2v) is 6.89. The summed E-state index contributed by atoms with van der Waals surface area (Å²) >= 11 is 1.59. The maximum atomic E-state index is 13.6. The SMILES string of the molecule is COc1cccc([C@@H]2CC(=O)Nc3c(-c4cccc(F)c4)csc32)c1. The molecule has 25 heavy (non-hydrogen) atoms. The van der Waals surface area contributed by atoms with Gasteiger partial charge in [0.05, 0.1) is 12.8 Å². The zero-order valence-corrected chi connectivity index (χ0v) is 14.4. The van der Waals surface area contributed by atoms with Crippen molar-refractivity contribution in [1.29, 1.82) is 0 Å². The molecule has 3 nitrogen and oxygen atoms in total. The van der Waals surface area contributed by atoms with E-state index in [0.717, 1.165) is 33.0 Å². The van der Waals surface area contributed by atoms with Gasteiger partial charge in [-0.1, -0.05) is 24.3 Å². The van der Waals surface area contributed by atoms with Crippen molar-refractivity contribution >= 4 is 22.9 Å². The van der Waals surface area contributed by atoms with Gasteiger partial charge in [-0.3, -0.25) is 4.79 Å². The molecule has 0 aliphatic carbocycles. The van der Waals surface area contributed by atoms with Crippen molar-refractivity contribution in [3.8, 4) is 16.9 Å². The summed E-state index contributed by atoms with van der Waals surface area (Å²) in [7, 11) is 1.63. The molecule has 0 radical (unpaired) electrons. The van der Waals surface area contributed by atoms with Crippen LogP contribution in [0.5, 0.6) is 5.75 Å². The van der Waals surface area contributed by atoms with Crippen LogP contribution in [-0.4, -0.2) is 13.0 Å². The van der Waals surface area contributed by atoms with E-state index < -0.39 is 0 Å². The summed E-state index contributed by atoms with van der Waals surface area (Å²) in [4.78, 5) is 13.4. The average molecular weight is 353 g/mol. The second kappa shape index (κ2) is 6.33. The summed E-state index contributed by atoms with van der Waals surface area (Å²) < 4.78 is 18.9. The summed E-state index contributed by atoms with van der Waals surface area (Å²) in [6.45, 7) is 0. The summed E-state index contributed by atoms with van der Waals surface area (Å²) in [6, 6.07) is 14.2. The number of benzene rings is 2. The minimum Gasteiger partial charge on any atom is -0.497 e. The highest BCUT2D eigenvalue weighted by atomic mass is 32.1. The van der Waals surface area contributed by atoms with Crippen molar-refractivity contribution in [3.63, 3.8) is 0 Å². The minimum atomic E-state index is -0.288. The van der Waals surface area contributed by atoms with Gasteiger partial charge in [0.1, 0.15) is 11.6 Å². The Hall–Kier alpha value is -2.66. The van der Waals surface area contributed by atoms with E-state index in [1.807, 2.05) is 35.7 Å². The molecule has 2 heterocycles. The maximum Gasteiger partial charge on any atom is 0.225 e. The van der Waals surface area contributed by atoms with Gasteiger partial charge in [0.15, 0.2) is 0 Å². The molecule has 1 aromatic heterocycles. The summed E-state index contributed by atoms with van der Waals surface area (Å²) in [6.07, 6.45) is 0.392. The Kier molecular flexibility index (Phi) is 4.01. The highest BCUT2D eigenvalue weighted by Gasteiger charge is 2.30. The third-order valence-electron chi connectivity index (χ3n) is 4.42. The Morgan fingerprint density at radius 2 is 2.04 bits per heavy atom. The van der Waals surface area contributed by atoms with Crippen LogP contribution in [0.4, 0.5) is 10.1 Å². The van der Waals surface area contributed by atoms with Crippen LogP contribution in [0.1, 0.15) is 22.8 Å². The number of amides is 1. The number of thiophene rings is 1. The Bertz CT molecular complexity index is 950. The summed E-state index contributed by atoms with van der Waals surface area (Å²) in [5, 5.41) is 4.96. The fraction of sp³-hybridized carbons (Fsp3) is 0.150. The fourth-order valence-corrected chi connectivity index (χ4v) is 4.38. The number of ether oxygens (including phenoxy) is 1. The van der Waals surface area contributed by atoms with Gasteiger partial charge in [-0.25, -0.2) is 4.39 Å². The van der Waals surface area contributed by atoms with Crippen LogP contribution < -0.4 is 10.1 Å². The van der Waals surface area contributed by atoms with E-state index >= 15 is 0 Å². The first-order valence-corrected chi connectivity index (χ1v) is 8.85. The monoisotopic (exact) mass is 353 g/mol. The van der Waals surface area contributed by atoms with E-state index in [1.54, 1.807) is 24.5 Å². The van der Waals surface area contributed by atoms with Crippen LogP contribution >= 0.6 is 11.3 Å². The molecule has 0 fully saturated rings. The smallest absolute Gasteiger partial charge is 0.225 e. The standard InChI is InChI=1S/C20H16FNO2S/c1-24-15-7-3-5-13(9-15)16-10-18(23)22-19-17(11-25-20(16)19)12-4-2-6-14(21)8-12/h2-9,11,16H,10H2,1H3,(H,22,23)/t16-/m0/s1. The number of carbonyl (C=O) groups is 1. The second-order valence-electron chi connectivity index (χ2n) is 5.98. The number of halogens is 1. The van der Waals surface area contributed by atoms with E-state index in [0.29, 0.717) is 6.42 Å². The summed E-state index contributed by atoms with van der Waals surface area (Å²) in [5.74, 6) is 0.429. The molecule has 0 saturated heterocycles. The Labute approximate surface area is 149 Å². The van der Waals surface area contributed by atoms with E-state index in [9.17, 15) is 9.18 Å². The molecule has 1 amide bonds. The van der Waals surface area contributed by atoms with Crippen molar-refractivity contribution in [3.05, 3.63) is 70.2 Å². The first-order valence-electron chi connectivity index (χ1n) is 7.97. The fourth-order valence-electron chi connectivity index (χ4n) is 3.22. The molecule has 0 spiro atoms. The van der Waals surface area contributed by atoms with Gasteiger partial charge >= 0.3 is 0 Å². The molecular formula is C20H16FNO2S. The van der Waals surface area contributed by atoms with Gasteiger partial charge in [-0.05, 0) is 35.4 Å². The van der Waals surface area contributed by atoms with E-state index in [1.165, 1.54) is 12.1 Å². The number of hydrogen-bond donors (Lipinski definition) is 1. The highest BCUT2D eigenvalue weighted by Crippen LogP contribution is 2.46. The van der Waals surface area contributed by atoms with Crippen molar-refractivity contribution in [2.45, 2.75) is 12.3 Å². The Morgan fingerprint density at radius 3 is 2.84 bits per heavy atom. The number of fused-ring (bicyclic) bond motifs is 1. The molecule has 0 saturated carbocycles. The molecule has 1 N–H and O–H groups in total. The van der Waals surface area contributed by atoms with Gasteiger partial charge in [-0.2, -0.15) is 0 Å². The van der Waals surface area contributed by atoms with Crippen LogP contribution in [0.2, 0.25) is 0 Å². The first kappa shape index (κ1) is 15.8. The molecule has 1 aliphatic heterocycles. The van der Waals surface area contributed by atoms with Gasteiger partial charge in [0.2, 0.25) is 5.91 Å². The predicted molar refractivity (Wildman–Crippen MR) is 97.8 cm³/mol. The van der Waals surface area contributed by atoms with Gasteiger partial charge in [0.25, 0.3) is 0 Å². The molecule has 1 atom stereocenters. The average Bonchev–Trinajstić information content (AvgIpc) is 3.04. The van der Waals surface area contributed by atoms with Crippen molar-refractivity contribution in [2.75, 3.05) is 12.4 Å². The number of hydrogen-bond acceptors (Lipinski definition) is 3. The number of rotatable bonds is 3. The van der Waals surface area contributed by atoms with Gasteiger partial charge < -0.3 is 10.1 Å². The molecule has 0 unspecified atom stereocenters. The lowest BCUT2D eigenvalue weighted by atomic mass is 9.89. The van der Waals surface area contributed by atoms with Crippen molar-refractivity contribution < 1.29 is 13.9 Å². The maximum absolute atomic E-state index is 13.6. The topological polar surface area (TPSA) is 38.3 Å². The van der Waals surface area contributed by atoms with E-state index in [-0.39, 0.29) is 17.6 Å². The number of anilines is 1. The highest BCUT2D eigenvalue weighted by molar-refractivity contribution is 7.11. The number of nitrogens with one attached hydrogen (secondary N) is 1. The van der Waals surface area contributed by atoms with E-state index in [2.05, 4.69) is 5.32 Å².